The molecule has 2 heterocycles. The third-order valence-electron chi connectivity index (χ3n) is 6.20. The Kier molecular flexibility index (Phi) is 11.1. The van der Waals surface area contributed by atoms with E-state index in [-0.39, 0.29) is 29.5 Å². The van der Waals surface area contributed by atoms with Crippen LogP contribution in [0.4, 0.5) is 0 Å². The van der Waals surface area contributed by atoms with Crippen LogP contribution in [0.15, 0.2) is 4.99 Å². The third-order valence-corrected chi connectivity index (χ3v) is 7.43. The minimum absolute atomic E-state index is 0. The molecule has 0 aromatic rings. The molecule has 0 amide bonds. The van der Waals surface area contributed by atoms with E-state index in [9.17, 15) is 0 Å². The molecular weight excluding hydrogens is 471 g/mol. The van der Waals surface area contributed by atoms with Crippen molar-refractivity contribution in [1.29, 1.82) is 0 Å². The topological polar surface area (TPSA) is 48.9 Å². The Hall–Kier alpha value is 0.270. The summed E-state index contributed by atoms with van der Waals surface area (Å²) in [5.74, 6) is 4.45. The highest BCUT2D eigenvalue weighted by Crippen LogP contribution is 2.34. The van der Waals surface area contributed by atoms with E-state index in [1.807, 2.05) is 0 Å². The van der Waals surface area contributed by atoms with Crippen LogP contribution in [-0.4, -0.2) is 73.8 Å². The summed E-state index contributed by atoms with van der Waals surface area (Å²) in [7, 11) is 0. The monoisotopic (exact) mass is 510 g/mol. The van der Waals surface area contributed by atoms with Gasteiger partial charge in [0.1, 0.15) is 0 Å². The number of morpholine rings is 1. The Morgan fingerprint density at radius 1 is 1.22 bits per heavy atom. The summed E-state index contributed by atoms with van der Waals surface area (Å²) in [5.41, 5.74) is 0.237. The van der Waals surface area contributed by atoms with Crippen LogP contribution in [0.3, 0.4) is 0 Å². The van der Waals surface area contributed by atoms with Crippen LogP contribution in [-0.2, 0) is 4.74 Å². The number of hydrogen-bond acceptors (Lipinski definition) is 4. The minimum atomic E-state index is 0. The number of ether oxygens (including phenoxy) is 1. The van der Waals surface area contributed by atoms with Crippen LogP contribution in [0.5, 0.6) is 0 Å². The fourth-order valence-electron chi connectivity index (χ4n) is 4.57. The minimum Gasteiger partial charge on any atom is -0.379 e. The second-order valence-electron chi connectivity index (χ2n) is 8.04. The average molecular weight is 511 g/mol. The molecule has 3 aliphatic rings. The number of hydrogen-bond donors (Lipinski definition) is 2. The van der Waals surface area contributed by atoms with Gasteiger partial charge in [-0.2, -0.15) is 11.8 Å². The maximum Gasteiger partial charge on any atom is 0.191 e. The van der Waals surface area contributed by atoms with E-state index in [4.69, 9.17) is 9.73 Å². The molecule has 1 atom stereocenters. The van der Waals surface area contributed by atoms with Crippen molar-refractivity contribution >= 4 is 41.7 Å². The van der Waals surface area contributed by atoms with Crippen LogP contribution in [0, 0.1) is 5.92 Å². The van der Waals surface area contributed by atoms with E-state index in [1.165, 1.54) is 56.5 Å². The van der Waals surface area contributed by atoms with Crippen molar-refractivity contribution in [2.24, 2.45) is 10.9 Å². The zero-order valence-corrected chi connectivity index (χ0v) is 20.2. The fourth-order valence-corrected chi connectivity index (χ4v) is 6.04. The molecule has 158 valence electrons. The smallest absolute Gasteiger partial charge is 0.191 e. The highest BCUT2D eigenvalue weighted by atomic mass is 127. The van der Waals surface area contributed by atoms with Gasteiger partial charge in [-0.1, -0.05) is 25.7 Å². The normalized spacial score (nSPS) is 27.5. The van der Waals surface area contributed by atoms with Gasteiger partial charge in [0.25, 0.3) is 0 Å². The molecule has 2 N–H and O–H groups in total. The predicted octanol–water partition coefficient (Wildman–Crippen LogP) is 3.34. The third kappa shape index (κ3) is 7.23. The summed E-state index contributed by atoms with van der Waals surface area (Å²) in [4.78, 5) is 7.65. The molecule has 0 aromatic heterocycles. The van der Waals surface area contributed by atoms with Gasteiger partial charge in [0.15, 0.2) is 5.96 Å². The maximum atomic E-state index is 5.57. The summed E-state index contributed by atoms with van der Waals surface area (Å²) < 4.78 is 5.57. The number of thioether (sulfide) groups is 1. The van der Waals surface area contributed by atoms with Crippen molar-refractivity contribution < 1.29 is 4.74 Å². The summed E-state index contributed by atoms with van der Waals surface area (Å²) >= 11 is 2.08. The molecule has 2 saturated heterocycles. The van der Waals surface area contributed by atoms with Gasteiger partial charge in [-0.3, -0.25) is 9.89 Å². The van der Waals surface area contributed by atoms with Gasteiger partial charge in [0.05, 0.1) is 25.3 Å². The van der Waals surface area contributed by atoms with E-state index in [1.54, 1.807) is 0 Å². The molecule has 3 fully saturated rings. The molecule has 0 bridgehead atoms. The molecule has 1 aliphatic carbocycles. The van der Waals surface area contributed by atoms with E-state index in [0.717, 1.165) is 57.8 Å². The summed E-state index contributed by atoms with van der Waals surface area (Å²) in [6.07, 6.45) is 9.69. The van der Waals surface area contributed by atoms with Crippen molar-refractivity contribution in [1.82, 2.24) is 15.5 Å². The number of nitrogens with one attached hydrogen (secondary N) is 2. The molecule has 1 saturated carbocycles. The van der Waals surface area contributed by atoms with Gasteiger partial charge in [0.2, 0.25) is 0 Å². The molecule has 1 unspecified atom stereocenters. The first-order valence-corrected chi connectivity index (χ1v) is 11.9. The molecule has 0 spiro atoms. The van der Waals surface area contributed by atoms with Crippen LogP contribution in [0.25, 0.3) is 0 Å². The first-order valence-electron chi connectivity index (χ1n) is 10.8. The number of nitrogens with zero attached hydrogens (tertiary/aromatic N) is 2. The van der Waals surface area contributed by atoms with Crippen LogP contribution in [0.1, 0.15) is 51.9 Å². The Morgan fingerprint density at radius 2 is 2.00 bits per heavy atom. The van der Waals surface area contributed by atoms with Crippen molar-refractivity contribution in [3.63, 3.8) is 0 Å². The lowest BCUT2D eigenvalue weighted by atomic mass is 9.96. The van der Waals surface area contributed by atoms with Gasteiger partial charge in [-0.05, 0) is 37.9 Å². The Bertz CT molecular complexity index is 434. The summed E-state index contributed by atoms with van der Waals surface area (Å²) in [5, 5.41) is 7.02. The molecule has 27 heavy (non-hydrogen) atoms. The van der Waals surface area contributed by atoms with Crippen molar-refractivity contribution in [3.8, 4) is 0 Å². The molecule has 0 radical (unpaired) electrons. The van der Waals surface area contributed by atoms with Crippen LogP contribution >= 0.6 is 35.7 Å². The molecular formula is C20H39IN4OS. The number of guanidine groups is 1. The van der Waals surface area contributed by atoms with Crippen molar-refractivity contribution in [3.05, 3.63) is 0 Å². The predicted molar refractivity (Wildman–Crippen MR) is 128 cm³/mol. The Morgan fingerprint density at radius 3 is 2.67 bits per heavy atom. The van der Waals surface area contributed by atoms with Gasteiger partial charge in [-0.15, -0.1) is 24.0 Å². The van der Waals surface area contributed by atoms with E-state index < -0.39 is 0 Å². The Balaban J connectivity index is 0.00000261. The van der Waals surface area contributed by atoms with Gasteiger partial charge in [-0.25, -0.2) is 0 Å². The fraction of sp³-hybridized carbons (Fsp3) is 0.950. The van der Waals surface area contributed by atoms with E-state index >= 15 is 0 Å². The van der Waals surface area contributed by atoms with E-state index in [2.05, 4.69) is 34.2 Å². The highest BCUT2D eigenvalue weighted by molar-refractivity contribution is 14.0. The lowest BCUT2D eigenvalue weighted by Gasteiger charge is -2.42. The standard InChI is InChI=1S/C20H38N4OS.HI/c1-2-21-19(22-10-5-8-18-6-3-4-7-18)23-16-20(9-15-26-17-20)24-11-13-25-14-12-24;/h18H,2-17H2,1H3,(H2,21,22,23);1H. The first-order chi connectivity index (χ1) is 12.8. The van der Waals surface area contributed by atoms with Gasteiger partial charge in [0, 0.05) is 31.9 Å². The second-order valence-corrected chi connectivity index (χ2v) is 9.15. The van der Waals surface area contributed by atoms with Crippen molar-refractivity contribution in [2.75, 3.05) is 57.4 Å². The zero-order valence-electron chi connectivity index (χ0n) is 17.0. The number of halogens is 1. The SMILES string of the molecule is CCNC(=NCC1(N2CCOCC2)CCSC1)NCCCC1CCCC1.I. The molecule has 3 rings (SSSR count). The largest absolute Gasteiger partial charge is 0.379 e. The number of rotatable bonds is 8. The highest BCUT2D eigenvalue weighted by Gasteiger charge is 2.40. The first kappa shape index (κ1) is 23.5. The molecule has 5 nitrogen and oxygen atoms in total. The van der Waals surface area contributed by atoms with E-state index in [0.29, 0.717) is 0 Å². The van der Waals surface area contributed by atoms with Gasteiger partial charge < -0.3 is 15.4 Å². The summed E-state index contributed by atoms with van der Waals surface area (Å²) in [6, 6.07) is 0. The van der Waals surface area contributed by atoms with Crippen molar-refractivity contribution in [2.45, 2.75) is 57.4 Å². The lowest BCUT2D eigenvalue weighted by Crippen LogP contribution is -2.56. The number of aliphatic imine (C=N–C) groups is 1. The maximum absolute atomic E-state index is 5.57. The lowest BCUT2D eigenvalue weighted by molar-refractivity contribution is -0.0104. The van der Waals surface area contributed by atoms with Crippen LogP contribution < -0.4 is 10.6 Å². The quantitative estimate of drug-likeness (QED) is 0.227. The second kappa shape index (κ2) is 12.8. The molecule has 2 aliphatic heterocycles. The average Bonchev–Trinajstić information content (AvgIpc) is 3.36. The zero-order chi connectivity index (χ0) is 18.1. The molecule has 7 heteroatoms. The summed E-state index contributed by atoms with van der Waals surface area (Å²) in [6.45, 7) is 8.88. The van der Waals surface area contributed by atoms with Gasteiger partial charge >= 0.3 is 0 Å². The van der Waals surface area contributed by atoms with Crippen LogP contribution in [0.2, 0.25) is 0 Å². The Labute approximate surface area is 187 Å². The molecule has 0 aromatic carbocycles.